The molecule has 0 bridgehead atoms. The van der Waals surface area contributed by atoms with Crippen LogP contribution in [-0.4, -0.2) is 40.8 Å². The molecule has 170 valence electrons. The predicted molar refractivity (Wildman–Crippen MR) is 131 cm³/mol. The van der Waals surface area contributed by atoms with Gasteiger partial charge in [-0.3, -0.25) is 4.90 Å². The molecule has 5 heteroatoms. The Kier molecular flexibility index (Phi) is 6.85. The van der Waals surface area contributed by atoms with Gasteiger partial charge in [0.1, 0.15) is 5.60 Å². The van der Waals surface area contributed by atoms with Crippen LogP contribution in [-0.2, 0) is 17.8 Å². The van der Waals surface area contributed by atoms with Crippen LogP contribution in [0.5, 0.6) is 0 Å². The monoisotopic (exact) mass is 433 g/mol. The van der Waals surface area contributed by atoms with E-state index in [9.17, 15) is 4.79 Å². The molecule has 0 aliphatic carbocycles. The zero-order chi connectivity index (χ0) is 22.6. The van der Waals surface area contributed by atoms with Crippen LogP contribution in [0.1, 0.15) is 45.6 Å². The number of nitrogens with zero attached hydrogens (tertiary/aromatic N) is 2. The Morgan fingerprint density at radius 2 is 1.78 bits per heavy atom. The fourth-order valence-electron chi connectivity index (χ4n) is 4.44. The number of carbonyl (C=O) groups is 1. The van der Waals surface area contributed by atoms with Crippen LogP contribution in [0, 0.1) is 0 Å². The lowest BCUT2D eigenvalue weighted by molar-refractivity contribution is 0.0526. The quantitative estimate of drug-likeness (QED) is 0.533. The molecule has 5 nitrogen and oxygen atoms in total. The molecule has 1 amide bonds. The van der Waals surface area contributed by atoms with Gasteiger partial charge < -0.3 is 14.6 Å². The summed E-state index contributed by atoms with van der Waals surface area (Å²) in [6.07, 6.45) is 5.80. The van der Waals surface area contributed by atoms with Crippen molar-refractivity contribution < 1.29 is 9.53 Å². The standard InChI is InChI=1S/C27H35N3O2/c1-27(2,3)32-26(31)28-14-17-30-20-24(22-10-6-4-7-11-22)23-18-21(12-13-25(23)30)19-29-15-8-5-9-16-29/h4,6-7,10-13,18,20H,5,8-9,14-17,19H2,1-3H3,(H,28,31). The highest BCUT2D eigenvalue weighted by molar-refractivity contribution is 5.96. The van der Waals surface area contributed by atoms with Gasteiger partial charge in [0.05, 0.1) is 0 Å². The molecule has 0 atom stereocenters. The minimum absolute atomic E-state index is 0.374. The van der Waals surface area contributed by atoms with E-state index < -0.39 is 5.60 Å². The zero-order valence-corrected chi connectivity index (χ0v) is 19.6. The van der Waals surface area contributed by atoms with Gasteiger partial charge in [-0.25, -0.2) is 4.79 Å². The highest BCUT2D eigenvalue weighted by atomic mass is 16.6. The van der Waals surface area contributed by atoms with Gasteiger partial charge in [-0.2, -0.15) is 0 Å². The van der Waals surface area contributed by atoms with E-state index in [-0.39, 0.29) is 6.09 Å². The smallest absolute Gasteiger partial charge is 0.407 e. The Hall–Kier alpha value is -2.79. The number of piperidine rings is 1. The summed E-state index contributed by atoms with van der Waals surface area (Å²) in [5, 5.41) is 4.14. The number of amides is 1. The highest BCUT2D eigenvalue weighted by Crippen LogP contribution is 2.32. The van der Waals surface area contributed by atoms with Gasteiger partial charge in [0.2, 0.25) is 0 Å². The topological polar surface area (TPSA) is 46.5 Å². The van der Waals surface area contributed by atoms with Crippen LogP contribution in [0.15, 0.2) is 54.7 Å². The highest BCUT2D eigenvalue weighted by Gasteiger charge is 2.17. The van der Waals surface area contributed by atoms with E-state index >= 15 is 0 Å². The molecule has 1 N–H and O–H groups in total. The zero-order valence-electron chi connectivity index (χ0n) is 19.6. The van der Waals surface area contributed by atoms with Crippen LogP contribution in [0.4, 0.5) is 4.79 Å². The molecule has 0 radical (unpaired) electrons. The SMILES string of the molecule is CC(C)(C)OC(=O)NCCn1cc(-c2ccccc2)c2cc(CN3CCCCC3)ccc21. The second kappa shape index (κ2) is 9.78. The summed E-state index contributed by atoms with van der Waals surface area (Å²) in [6, 6.07) is 17.4. The number of carbonyl (C=O) groups excluding carboxylic acids is 1. The Bertz CT molecular complexity index is 1040. The van der Waals surface area contributed by atoms with Gasteiger partial charge in [-0.1, -0.05) is 42.8 Å². The Morgan fingerprint density at radius 3 is 2.50 bits per heavy atom. The molecule has 1 aliphatic rings. The maximum atomic E-state index is 12.0. The molecule has 32 heavy (non-hydrogen) atoms. The van der Waals surface area contributed by atoms with Crippen LogP contribution < -0.4 is 5.32 Å². The van der Waals surface area contributed by atoms with Crippen molar-refractivity contribution in [2.24, 2.45) is 0 Å². The van der Waals surface area contributed by atoms with Crippen molar-refractivity contribution in [1.29, 1.82) is 0 Å². The van der Waals surface area contributed by atoms with Crippen LogP contribution >= 0.6 is 0 Å². The van der Waals surface area contributed by atoms with Crippen molar-refractivity contribution in [2.45, 2.75) is 58.7 Å². The number of hydrogen-bond acceptors (Lipinski definition) is 3. The average molecular weight is 434 g/mol. The average Bonchev–Trinajstić information content (AvgIpc) is 3.12. The van der Waals surface area contributed by atoms with E-state index in [1.807, 2.05) is 20.8 Å². The lowest BCUT2D eigenvalue weighted by Gasteiger charge is -2.26. The van der Waals surface area contributed by atoms with E-state index in [4.69, 9.17) is 4.74 Å². The van der Waals surface area contributed by atoms with Crippen LogP contribution in [0.3, 0.4) is 0 Å². The minimum atomic E-state index is -0.491. The number of hydrogen-bond donors (Lipinski definition) is 1. The first-order valence-electron chi connectivity index (χ1n) is 11.8. The van der Waals surface area contributed by atoms with Gasteiger partial charge >= 0.3 is 6.09 Å². The molecule has 1 aliphatic heterocycles. The first-order valence-corrected chi connectivity index (χ1v) is 11.8. The number of aromatic nitrogens is 1. The second-order valence-corrected chi connectivity index (χ2v) is 9.72. The van der Waals surface area contributed by atoms with Gasteiger partial charge in [0, 0.05) is 42.3 Å². The third-order valence-corrected chi connectivity index (χ3v) is 5.91. The fraction of sp³-hybridized carbons (Fsp3) is 0.444. The van der Waals surface area contributed by atoms with E-state index in [1.54, 1.807) is 0 Å². The lowest BCUT2D eigenvalue weighted by atomic mass is 10.0. The summed E-state index contributed by atoms with van der Waals surface area (Å²) >= 11 is 0. The summed E-state index contributed by atoms with van der Waals surface area (Å²) in [6.45, 7) is 10.2. The number of benzene rings is 2. The first-order chi connectivity index (χ1) is 15.4. The summed E-state index contributed by atoms with van der Waals surface area (Å²) in [7, 11) is 0. The van der Waals surface area contributed by atoms with Crippen molar-refractivity contribution in [3.63, 3.8) is 0 Å². The third-order valence-electron chi connectivity index (χ3n) is 5.91. The van der Waals surface area contributed by atoms with Gasteiger partial charge in [-0.05, 0) is 70.0 Å². The van der Waals surface area contributed by atoms with Crippen LogP contribution in [0.2, 0.25) is 0 Å². The van der Waals surface area contributed by atoms with Crippen molar-refractivity contribution >= 4 is 17.0 Å². The maximum Gasteiger partial charge on any atom is 0.407 e. The molecular formula is C27H35N3O2. The number of rotatable bonds is 6. The Balaban J connectivity index is 1.56. The minimum Gasteiger partial charge on any atom is -0.444 e. The molecular weight excluding hydrogens is 398 g/mol. The third kappa shape index (κ3) is 5.71. The summed E-state index contributed by atoms with van der Waals surface area (Å²) < 4.78 is 7.60. The van der Waals surface area contributed by atoms with Crippen molar-refractivity contribution in [1.82, 2.24) is 14.8 Å². The normalized spacial score (nSPS) is 15.1. The molecule has 2 aromatic carbocycles. The summed E-state index contributed by atoms with van der Waals surface area (Å²) in [5.74, 6) is 0. The van der Waals surface area contributed by atoms with Crippen molar-refractivity contribution in [2.75, 3.05) is 19.6 Å². The molecule has 1 fully saturated rings. The summed E-state index contributed by atoms with van der Waals surface area (Å²) in [4.78, 5) is 14.6. The molecule has 4 rings (SSSR count). The molecule has 2 heterocycles. The maximum absolute atomic E-state index is 12.0. The van der Waals surface area contributed by atoms with Gasteiger partial charge in [0.15, 0.2) is 0 Å². The van der Waals surface area contributed by atoms with Gasteiger partial charge in [0.25, 0.3) is 0 Å². The lowest BCUT2D eigenvalue weighted by Crippen LogP contribution is -2.34. The number of alkyl carbamates (subject to hydrolysis) is 1. The Labute approximate surface area is 191 Å². The molecule has 0 unspecified atom stereocenters. The van der Waals surface area contributed by atoms with Gasteiger partial charge in [-0.15, -0.1) is 0 Å². The number of nitrogens with one attached hydrogen (secondary N) is 1. The number of likely N-dealkylation sites (tertiary alicyclic amines) is 1. The summed E-state index contributed by atoms with van der Waals surface area (Å²) in [5.41, 5.74) is 4.51. The van der Waals surface area contributed by atoms with Crippen molar-refractivity contribution in [3.05, 3.63) is 60.3 Å². The molecule has 0 spiro atoms. The first kappa shape index (κ1) is 22.4. The van der Waals surface area contributed by atoms with E-state index in [0.29, 0.717) is 13.1 Å². The van der Waals surface area contributed by atoms with E-state index in [0.717, 1.165) is 6.54 Å². The van der Waals surface area contributed by atoms with Crippen LogP contribution in [0.25, 0.3) is 22.0 Å². The number of ether oxygens (including phenoxy) is 1. The second-order valence-electron chi connectivity index (χ2n) is 9.72. The molecule has 0 saturated carbocycles. The van der Waals surface area contributed by atoms with E-state index in [1.165, 1.54) is 59.9 Å². The molecule has 1 aromatic heterocycles. The largest absolute Gasteiger partial charge is 0.444 e. The predicted octanol–water partition coefficient (Wildman–Crippen LogP) is 5.82. The molecule has 1 saturated heterocycles. The Morgan fingerprint density at radius 1 is 1.03 bits per heavy atom. The fourth-order valence-corrected chi connectivity index (χ4v) is 4.44. The number of fused-ring (bicyclic) bond motifs is 1. The van der Waals surface area contributed by atoms with E-state index in [2.05, 4.69) is 69.5 Å². The van der Waals surface area contributed by atoms with Crippen molar-refractivity contribution in [3.8, 4) is 11.1 Å². The molecule has 3 aromatic rings.